The first kappa shape index (κ1) is 28.4. The van der Waals surface area contributed by atoms with Crippen molar-refractivity contribution in [3.8, 4) is 11.3 Å². The summed E-state index contributed by atoms with van der Waals surface area (Å²) in [6.07, 6.45) is 1.07. The fourth-order valence-corrected chi connectivity index (χ4v) is 4.88. The fourth-order valence-electron chi connectivity index (χ4n) is 4.88. The van der Waals surface area contributed by atoms with E-state index in [0.717, 1.165) is 22.4 Å². The number of hydrogen-bond acceptors (Lipinski definition) is 9. The molecule has 0 fully saturated rings. The van der Waals surface area contributed by atoms with E-state index in [9.17, 15) is 18.0 Å². The Hall–Kier alpha value is -4.13. The van der Waals surface area contributed by atoms with Crippen molar-refractivity contribution in [3.05, 3.63) is 65.8 Å². The number of aromatic nitrogens is 6. The van der Waals surface area contributed by atoms with Crippen LogP contribution in [0.4, 0.5) is 24.8 Å². The summed E-state index contributed by atoms with van der Waals surface area (Å²) in [4.78, 5) is 23.4. The van der Waals surface area contributed by atoms with E-state index < -0.39 is 29.8 Å². The third-order valence-corrected chi connectivity index (χ3v) is 6.81. The molecule has 5 rings (SSSR count). The molecule has 216 valence electrons. The molecule has 13 heteroatoms. The van der Waals surface area contributed by atoms with Crippen LogP contribution in [0.3, 0.4) is 0 Å². The number of hydrogen-bond donors (Lipinski definition) is 1. The Bertz CT molecular complexity index is 1540. The Morgan fingerprint density at radius 3 is 2.66 bits per heavy atom. The van der Waals surface area contributed by atoms with Crippen LogP contribution in [-0.2, 0) is 18.9 Å². The molecule has 0 amide bonds. The zero-order valence-corrected chi connectivity index (χ0v) is 23.2. The van der Waals surface area contributed by atoms with E-state index in [-0.39, 0.29) is 25.4 Å². The number of rotatable bonds is 7. The zero-order chi connectivity index (χ0) is 29.4. The number of alkyl halides is 3. The third-order valence-electron chi connectivity index (χ3n) is 6.81. The summed E-state index contributed by atoms with van der Waals surface area (Å²) in [5.41, 5.74) is 3.44. The van der Waals surface area contributed by atoms with E-state index in [1.54, 1.807) is 36.4 Å². The van der Waals surface area contributed by atoms with Gasteiger partial charge >= 0.3 is 6.18 Å². The summed E-state index contributed by atoms with van der Waals surface area (Å²) < 4.78 is 47.4. The maximum Gasteiger partial charge on any atom is 0.401 e. The van der Waals surface area contributed by atoms with Crippen LogP contribution in [0.2, 0.25) is 0 Å². The lowest BCUT2D eigenvalue weighted by atomic mass is 9.88. The molecule has 4 heterocycles. The van der Waals surface area contributed by atoms with Gasteiger partial charge in [-0.2, -0.15) is 18.3 Å². The molecular weight excluding hydrogens is 537 g/mol. The van der Waals surface area contributed by atoms with Crippen LogP contribution in [0.15, 0.2) is 47.3 Å². The van der Waals surface area contributed by atoms with E-state index in [2.05, 4.69) is 30.6 Å². The molecule has 1 aliphatic rings. The highest BCUT2D eigenvalue weighted by Crippen LogP contribution is 2.34. The molecule has 4 aromatic rings. The Balaban J connectivity index is 1.42. The molecule has 0 bridgehead atoms. The number of halogens is 3. The molecule has 1 aliphatic heterocycles. The number of ketones is 1. The SMILES string of the molecule is Cn1cc(Nc2nccc(-c3ccc4c(c3)CCN(CC(F)(F)F)CC4CC(=O)c3nnc(C(C)(C)C)o3)n2)cn1. The second-order valence-electron chi connectivity index (χ2n) is 11.3. The van der Waals surface area contributed by atoms with Crippen LogP contribution in [0, 0.1) is 0 Å². The van der Waals surface area contributed by atoms with E-state index in [1.165, 1.54) is 4.90 Å². The third kappa shape index (κ3) is 6.96. The Morgan fingerprint density at radius 2 is 1.98 bits per heavy atom. The highest BCUT2D eigenvalue weighted by atomic mass is 19.4. The van der Waals surface area contributed by atoms with Gasteiger partial charge in [0.15, 0.2) is 0 Å². The highest BCUT2D eigenvalue weighted by Gasteiger charge is 2.35. The van der Waals surface area contributed by atoms with E-state index in [1.807, 2.05) is 39.0 Å². The van der Waals surface area contributed by atoms with Gasteiger partial charge in [0.25, 0.3) is 5.89 Å². The van der Waals surface area contributed by atoms with Crippen LogP contribution in [0.5, 0.6) is 0 Å². The minimum absolute atomic E-state index is 0.0564. The topological polar surface area (TPSA) is 115 Å². The summed E-state index contributed by atoms with van der Waals surface area (Å²) in [7, 11) is 1.81. The largest absolute Gasteiger partial charge is 0.418 e. The predicted octanol–water partition coefficient (Wildman–Crippen LogP) is 5.08. The minimum Gasteiger partial charge on any atom is -0.418 e. The summed E-state index contributed by atoms with van der Waals surface area (Å²) in [6.45, 7) is 4.88. The number of benzene rings is 1. The van der Waals surface area contributed by atoms with Crippen LogP contribution < -0.4 is 5.32 Å². The number of carbonyl (C=O) groups excluding carboxylic acids is 1. The fraction of sp³-hybridized carbons (Fsp3) is 0.429. The van der Waals surface area contributed by atoms with E-state index >= 15 is 0 Å². The predicted molar refractivity (Wildman–Crippen MR) is 145 cm³/mol. The average molecular weight is 569 g/mol. The number of carbonyl (C=O) groups is 1. The van der Waals surface area contributed by atoms with Crippen molar-refractivity contribution in [3.63, 3.8) is 0 Å². The van der Waals surface area contributed by atoms with Crippen LogP contribution in [0.25, 0.3) is 11.3 Å². The van der Waals surface area contributed by atoms with Crippen LogP contribution >= 0.6 is 0 Å². The smallest absolute Gasteiger partial charge is 0.401 e. The van der Waals surface area contributed by atoms with Crippen molar-refractivity contribution in [1.82, 2.24) is 34.8 Å². The molecule has 3 aromatic heterocycles. The first-order valence-corrected chi connectivity index (χ1v) is 13.2. The molecule has 1 N–H and O–H groups in total. The van der Waals surface area contributed by atoms with Crippen molar-refractivity contribution in [2.45, 2.75) is 51.1 Å². The van der Waals surface area contributed by atoms with E-state index in [4.69, 9.17) is 4.42 Å². The van der Waals surface area contributed by atoms with Crippen LogP contribution in [0.1, 0.15) is 60.8 Å². The molecule has 1 unspecified atom stereocenters. The normalized spacial score (nSPS) is 16.3. The summed E-state index contributed by atoms with van der Waals surface area (Å²) >= 11 is 0. The lowest BCUT2D eigenvalue weighted by Crippen LogP contribution is -2.37. The van der Waals surface area contributed by atoms with Crippen molar-refractivity contribution in [2.24, 2.45) is 7.05 Å². The first-order valence-electron chi connectivity index (χ1n) is 13.2. The minimum atomic E-state index is -4.36. The monoisotopic (exact) mass is 568 g/mol. The van der Waals surface area contributed by atoms with Crippen molar-refractivity contribution < 1.29 is 22.4 Å². The quantitative estimate of drug-likeness (QED) is 0.305. The summed E-state index contributed by atoms with van der Waals surface area (Å²) in [5.74, 6) is -0.306. The lowest BCUT2D eigenvalue weighted by Gasteiger charge is -2.25. The maximum absolute atomic E-state index is 13.4. The van der Waals surface area contributed by atoms with Gasteiger partial charge < -0.3 is 9.73 Å². The summed E-state index contributed by atoms with van der Waals surface area (Å²) in [6, 6.07) is 7.46. The standard InChI is InChI=1S/C28H31F3N8O2/c1-27(2,3)25-37-36-24(41-25)23(40)12-19-14-39(16-28(29,30)31)10-8-17-11-18(5-6-21(17)19)22-7-9-32-26(35-22)34-20-13-33-38(4)15-20/h5-7,9,11,13,15,19H,8,10,12,14,16H2,1-4H3,(H,32,34,35). The van der Waals surface area contributed by atoms with Crippen molar-refractivity contribution in [1.29, 1.82) is 0 Å². The molecule has 0 spiro atoms. The second kappa shape index (κ2) is 11.0. The first-order chi connectivity index (χ1) is 19.3. The molecule has 1 atom stereocenters. The average Bonchev–Trinajstić information content (AvgIpc) is 3.52. The van der Waals surface area contributed by atoms with Gasteiger partial charge in [-0.05, 0) is 29.7 Å². The lowest BCUT2D eigenvalue weighted by molar-refractivity contribution is -0.146. The summed E-state index contributed by atoms with van der Waals surface area (Å²) in [5, 5.41) is 15.1. The van der Waals surface area contributed by atoms with Gasteiger partial charge in [0.2, 0.25) is 17.6 Å². The number of fused-ring (bicyclic) bond motifs is 1. The molecule has 0 radical (unpaired) electrons. The number of nitrogens with one attached hydrogen (secondary N) is 1. The van der Waals surface area contributed by atoms with Gasteiger partial charge in [0, 0.05) is 55.8 Å². The zero-order valence-electron chi connectivity index (χ0n) is 23.2. The number of nitrogens with zero attached hydrogens (tertiary/aromatic N) is 7. The maximum atomic E-state index is 13.4. The molecule has 41 heavy (non-hydrogen) atoms. The van der Waals surface area contributed by atoms with Gasteiger partial charge in [-0.15, -0.1) is 10.2 Å². The Kier molecular flexibility index (Phi) is 7.64. The highest BCUT2D eigenvalue weighted by molar-refractivity contribution is 5.92. The molecule has 0 aliphatic carbocycles. The van der Waals surface area contributed by atoms with Crippen molar-refractivity contribution >= 4 is 17.4 Å². The van der Waals surface area contributed by atoms with E-state index in [0.29, 0.717) is 24.0 Å². The molecular formula is C28H31F3N8O2. The van der Waals surface area contributed by atoms with Crippen molar-refractivity contribution in [2.75, 3.05) is 25.0 Å². The number of anilines is 2. The molecule has 0 saturated heterocycles. The van der Waals surface area contributed by atoms with Gasteiger partial charge in [0.1, 0.15) is 0 Å². The Morgan fingerprint density at radius 1 is 1.17 bits per heavy atom. The molecule has 0 saturated carbocycles. The molecule has 10 nitrogen and oxygen atoms in total. The number of aryl methyl sites for hydroxylation is 1. The second-order valence-corrected chi connectivity index (χ2v) is 11.3. The van der Waals surface area contributed by atoms with Gasteiger partial charge in [-0.25, -0.2) is 9.97 Å². The van der Waals surface area contributed by atoms with Gasteiger partial charge in [-0.1, -0.05) is 32.9 Å². The van der Waals surface area contributed by atoms with Crippen LogP contribution in [-0.4, -0.2) is 66.4 Å². The Labute approximate surface area is 235 Å². The van der Waals surface area contributed by atoms with Gasteiger partial charge in [-0.3, -0.25) is 14.4 Å². The molecule has 1 aromatic carbocycles. The van der Waals surface area contributed by atoms with Gasteiger partial charge in [0.05, 0.1) is 24.1 Å². The number of Topliss-reactive ketones (excluding diaryl/α,β-unsaturated/α-hetero) is 1.